The summed E-state index contributed by atoms with van der Waals surface area (Å²) in [6, 6.07) is 4.29. The van der Waals surface area contributed by atoms with Crippen LogP contribution in [0.2, 0.25) is 0 Å². The van der Waals surface area contributed by atoms with Crippen LogP contribution in [0.5, 0.6) is 0 Å². The monoisotopic (exact) mass is 340 g/mol. The molecular formula is C14H17BrN2O3. The summed E-state index contributed by atoms with van der Waals surface area (Å²) in [6.07, 6.45) is 4.19. The molecule has 0 aliphatic heterocycles. The van der Waals surface area contributed by atoms with E-state index in [1.165, 1.54) is 12.1 Å². The molecule has 1 aromatic carbocycles. The fourth-order valence-corrected chi connectivity index (χ4v) is 3.00. The molecule has 0 unspecified atom stereocenters. The molecule has 1 aliphatic carbocycles. The predicted molar refractivity (Wildman–Crippen MR) is 80.1 cm³/mol. The second kappa shape index (κ2) is 5.83. The number of amides is 2. The van der Waals surface area contributed by atoms with Crippen LogP contribution in [0.1, 0.15) is 43.0 Å². The molecule has 2 rings (SSSR count). The Morgan fingerprint density at radius 2 is 1.90 bits per heavy atom. The maximum atomic E-state index is 12.0. The highest BCUT2D eigenvalue weighted by atomic mass is 79.9. The van der Waals surface area contributed by atoms with Gasteiger partial charge in [-0.1, -0.05) is 28.8 Å². The molecule has 1 aliphatic rings. The molecule has 108 valence electrons. The third-order valence-corrected chi connectivity index (χ3v) is 3.98. The highest BCUT2D eigenvalue weighted by Gasteiger charge is 2.30. The molecule has 1 fully saturated rings. The highest BCUT2D eigenvalue weighted by Crippen LogP contribution is 2.29. The van der Waals surface area contributed by atoms with Crippen LogP contribution in [0.3, 0.4) is 0 Å². The van der Waals surface area contributed by atoms with Gasteiger partial charge in [0.2, 0.25) is 0 Å². The molecule has 1 aromatic rings. The van der Waals surface area contributed by atoms with E-state index in [9.17, 15) is 9.59 Å². The second-order valence-electron chi connectivity index (χ2n) is 5.38. The maximum Gasteiger partial charge on any atom is 0.335 e. The molecule has 20 heavy (non-hydrogen) atoms. The Morgan fingerprint density at radius 1 is 1.25 bits per heavy atom. The Morgan fingerprint density at radius 3 is 2.50 bits per heavy atom. The van der Waals surface area contributed by atoms with Gasteiger partial charge in [0.05, 0.1) is 5.56 Å². The lowest BCUT2D eigenvalue weighted by Crippen LogP contribution is -2.45. The maximum absolute atomic E-state index is 12.0. The van der Waals surface area contributed by atoms with Crippen LogP contribution >= 0.6 is 15.9 Å². The number of hydrogen-bond donors (Lipinski definition) is 3. The van der Waals surface area contributed by atoms with Gasteiger partial charge in [-0.05, 0) is 38.0 Å². The molecule has 3 N–H and O–H groups in total. The molecule has 2 amide bonds. The lowest BCUT2D eigenvalue weighted by Gasteiger charge is -2.25. The third kappa shape index (κ3) is 3.72. The van der Waals surface area contributed by atoms with Crippen molar-refractivity contribution in [1.82, 2.24) is 5.32 Å². The number of carbonyl (C=O) groups excluding carboxylic acids is 1. The van der Waals surface area contributed by atoms with Crippen LogP contribution in [0.25, 0.3) is 0 Å². The zero-order chi connectivity index (χ0) is 14.8. The molecule has 0 heterocycles. The minimum absolute atomic E-state index is 0.127. The van der Waals surface area contributed by atoms with Gasteiger partial charge in [-0.25, -0.2) is 9.59 Å². The van der Waals surface area contributed by atoms with Crippen molar-refractivity contribution < 1.29 is 14.7 Å². The van der Waals surface area contributed by atoms with E-state index in [4.69, 9.17) is 5.11 Å². The van der Waals surface area contributed by atoms with Gasteiger partial charge in [-0.2, -0.15) is 0 Å². The molecule has 1 saturated carbocycles. The molecule has 0 aromatic heterocycles. The molecule has 0 saturated heterocycles. The summed E-state index contributed by atoms with van der Waals surface area (Å²) in [5.74, 6) is -1.03. The summed E-state index contributed by atoms with van der Waals surface area (Å²) in [4.78, 5) is 23.0. The molecule has 0 atom stereocenters. The van der Waals surface area contributed by atoms with Gasteiger partial charge >= 0.3 is 12.0 Å². The topological polar surface area (TPSA) is 78.4 Å². The summed E-state index contributed by atoms with van der Waals surface area (Å²) in [6.45, 7) is 2.03. The van der Waals surface area contributed by atoms with Gasteiger partial charge in [-0.3, -0.25) is 0 Å². The number of nitrogens with one attached hydrogen (secondary N) is 2. The van der Waals surface area contributed by atoms with Crippen molar-refractivity contribution >= 4 is 33.6 Å². The Bertz CT molecular complexity index is 539. The van der Waals surface area contributed by atoms with E-state index in [0.717, 1.165) is 25.7 Å². The average Bonchev–Trinajstić information content (AvgIpc) is 2.74. The van der Waals surface area contributed by atoms with Crippen LogP contribution < -0.4 is 10.6 Å². The van der Waals surface area contributed by atoms with Crippen LogP contribution in [0, 0.1) is 0 Å². The van der Waals surface area contributed by atoms with Gasteiger partial charge in [-0.15, -0.1) is 0 Å². The number of carboxylic acids is 1. The Kier molecular flexibility index (Phi) is 4.32. The van der Waals surface area contributed by atoms with E-state index >= 15 is 0 Å². The number of carbonyl (C=O) groups is 2. The predicted octanol–water partition coefficient (Wildman–Crippen LogP) is 3.60. The molecule has 0 spiro atoms. The van der Waals surface area contributed by atoms with Gasteiger partial charge in [0.25, 0.3) is 0 Å². The number of carboxylic acid groups (broad SMARTS) is 1. The number of anilines is 1. The van der Waals surface area contributed by atoms with Crippen molar-refractivity contribution in [3.8, 4) is 0 Å². The molecule has 0 bridgehead atoms. The number of urea groups is 1. The van der Waals surface area contributed by atoms with Crippen molar-refractivity contribution in [2.45, 2.75) is 38.1 Å². The average molecular weight is 341 g/mol. The van der Waals surface area contributed by atoms with E-state index in [-0.39, 0.29) is 17.1 Å². The molecule has 6 heteroatoms. The van der Waals surface area contributed by atoms with Gasteiger partial charge in [0, 0.05) is 15.7 Å². The summed E-state index contributed by atoms with van der Waals surface area (Å²) >= 11 is 3.23. The van der Waals surface area contributed by atoms with Crippen LogP contribution in [0.15, 0.2) is 22.7 Å². The second-order valence-corrected chi connectivity index (χ2v) is 6.30. The minimum Gasteiger partial charge on any atom is -0.478 e. The number of hydrogen-bond acceptors (Lipinski definition) is 2. The van der Waals surface area contributed by atoms with Gasteiger partial charge in [0.1, 0.15) is 0 Å². The molecule has 0 radical (unpaired) electrons. The van der Waals surface area contributed by atoms with E-state index in [1.54, 1.807) is 6.07 Å². The molecule has 5 nitrogen and oxygen atoms in total. The smallest absolute Gasteiger partial charge is 0.335 e. The van der Waals surface area contributed by atoms with Crippen molar-refractivity contribution in [2.24, 2.45) is 0 Å². The minimum atomic E-state index is -1.03. The summed E-state index contributed by atoms with van der Waals surface area (Å²) in [5, 5.41) is 14.6. The number of aromatic carboxylic acids is 1. The third-order valence-electron chi connectivity index (χ3n) is 3.53. The van der Waals surface area contributed by atoms with E-state index < -0.39 is 5.97 Å². The van der Waals surface area contributed by atoms with E-state index in [0.29, 0.717) is 10.2 Å². The summed E-state index contributed by atoms with van der Waals surface area (Å²) < 4.78 is 0.611. The standard InChI is InChI=1S/C14H17BrN2O3/c1-14(4-2-3-5-14)17-13(20)16-11-7-9(12(18)19)6-10(15)8-11/h6-8H,2-5H2,1H3,(H,18,19)(H2,16,17,20). The van der Waals surface area contributed by atoms with Crippen molar-refractivity contribution in [3.63, 3.8) is 0 Å². The number of rotatable bonds is 3. The molecular weight excluding hydrogens is 324 g/mol. The summed E-state index contributed by atoms with van der Waals surface area (Å²) in [7, 11) is 0. The number of halogens is 1. The number of benzene rings is 1. The first kappa shape index (κ1) is 14.8. The normalized spacial score (nSPS) is 16.7. The quantitative estimate of drug-likeness (QED) is 0.786. The van der Waals surface area contributed by atoms with E-state index in [1.807, 2.05) is 6.92 Å². The Hall–Kier alpha value is -1.56. The first-order valence-corrected chi connectivity index (χ1v) is 7.30. The van der Waals surface area contributed by atoms with Crippen molar-refractivity contribution in [1.29, 1.82) is 0 Å². The van der Waals surface area contributed by atoms with Crippen molar-refractivity contribution in [2.75, 3.05) is 5.32 Å². The summed E-state index contributed by atoms with van der Waals surface area (Å²) in [5.41, 5.74) is 0.420. The fourth-order valence-electron chi connectivity index (χ4n) is 2.50. The first-order valence-electron chi connectivity index (χ1n) is 6.51. The van der Waals surface area contributed by atoms with Gasteiger partial charge < -0.3 is 15.7 Å². The SMILES string of the molecule is CC1(NC(=O)Nc2cc(Br)cc(C(=O)O)c2)CCCC1. The Balaban J connectivity index is 2.05. The fraction of sp³-hybridized carbons (Fsp3) is 0.429. The largest absolute Gasteiger partial charge is 0.478 e. The lowest BCUT2D eigenvalue weighted by molar-refractivity contribution is 0.0696. The zero-order valence-corrected chi connectivity index (χ0v) is 12.8. The van der Waals surface area contributed by atoms with Crippen molar-refractivity contribution in [3.05, 3.63) is 28.2 Å². The Labute approximate surface area is 125 Å². The lowest BCUT2D eigenvalue weighted by atomic mass is 10.0. The highest BCUT2D eigenvalue weighted by molar-refractivity contribution is 9.10. The zero-order valence-electron chi connectivity index (χ0n) is 11.2. The van der Waals surface area contributed by atoms with Crippen LogP contribution in [0.4, 0.5) is 10.5 Å². The van der Waals surface area contributed by atoms with Gasteiger partial charge in [0.15, 0.2) is 0 Å². The van der Waals surface area contributed by atoms with Crippen LogP contribution in [-0.4, -0.2) is 22.6 Å². The van der Waals surface area contributed by atoms with Crippen LogP contribution in [-0.2, 0) is 0 Å². The first-order chi connectivity index (χ1) is 9.38. The van der Waals surface area contributed by atoms with E-state index in [2.05, 4.69) is 26.6 Å².